The average molecular weight is 447 g/mol. The maximum atomic E-state index is 5.13. The smallest absolute Gasteiger partial charge is 0.146 e. The highest BCUT2D eigenvalue weighted by molar-refractivity contribution is 6.13. The zero-order chi connectivity index (χ0) is 22.7. The molecule has 0 unspecified atom stereocenters. The molecule has 0 spiro atoms. The van der Waals surface area contributed by atoms with Gasteiger partial charge in [0.2, 0.25) is 0 Å². The number of hydrogen-bond donors (Lipinski definition) is 0. The molecular weight excluding hydrogens is 428 g/mol. The third-order valence-corrected chi connectivity index (χ3v) is 7.96. The SMILES string of the molecule is c1ccc2c(c1)Cc1cc3c(cc1-2)-c1cc2c(cc1C3)nc1c3ccncc3c3ccncc3n21. The van der Waals surface area contributed by atoms with E-state index in [9.17, 15) is 0 Å². The maximum Gasteiger partial charge on any atom is 0.146 e. The summed E-state index contributed by atoms with van der Waals surface area (Å²) in [7, 11) is 0. The van der Waals surface area contributed by atoms with E-state index in [-0.39, 0.29) is 0 Å². The molecule has 162 valence electrons. The minimum Gasteiger partial charge on any atom is -0.290 e. The van der Waals surface area contributed by atoms with Crippen LogP contribution in [0.25, 0.3) is 60.6 Å². The van der Waals surface area contributed by atoms with Gasteiger partial charge in [0, 0.05) is 34.7 Å². The fourth-order valence-electron chi connectivity index (χ4n) is 6.42. The average Bonchev–Trinajstić information content (AvgIpc) is 3.56. The minimum absolute atomic E-state index is 0.963. The summed E-state index contributed by atoms with van der Waals surface area (Å²) in [6.07, 6.45) is 9.58. The number of hydrogen-bond acceptors (Lipinski definition) is 3. The van der Waals surface area contributed by atoms with Crippen LogP contribution in [0.1, 0.15) is 22.3 Å². The first-order chi connectivity index (χ1) is 17.3. The van der Waals surface area contributed by atoms with Crippen LogP contribution in [0, 0.1) is 0 Å². The molecule has 0 saturated carbocycles. The van der Waals surface area contributed by atoms with Gasteiger partial charge in [0.25, 0.3) is 0 Å². The summed E-state index contributed by atoms with van der Waals surface area (Å²) >= 11 is 0. The van der Waals surface area contributed by atoms with E-state index in [1.165, 1.54) is 44.5 Å². The first-order valence-corrected chi connectivity index (χ1v) is 12.0. The zero-order valence-corrected chi connectivity index (χ0v) is 18.8. The van der Waals surface area contributed by atoms with Gasteiger partial charge in [-0.2, -0.15) is 0 Å². The Hall–Kier alpha value is -4.57. The Balaban J connectivity index is 1.37. The van der Waals surface area contributed by atoms with Gasteiger partial charge in [-0.25, -0.2) is 4.98 Å². The molecule has 0 fully saturated rings. The van der Waals surface area contributed by atoms with Crippen molar-refractivity contribution < 1.29 is 0 Å². The molecule has 2 aliphatic rings. The van der Waals surface area contributed by atoms with Crippen molar-refractivity contribution in [2.45, 2.75) is 12.8 Å². The Morgan fingerprint density at radius 1 is 0.571 bits per heavy atom. The standard InChI is InChI=1S/C31H18N4/c1-2-4-21-17(3-1)9-18-10-19-11-20-12-28-29(14-26(20)25(19)13-24(18)21)35-30-16-33-7-5-22(30)27-15-32-8-6-23(27)31(35)34-28/h1-8,10,12-16H,9,11H2. The van der Waals surface area contributed by atoms with Crippen molar-refractivity contribution in [2.24, 2.45) is 0 Å². The Kier molecular flexibility index (Phi) is 3.11. The monoisotopic (exact) mass is 446 g/mol. The molecule has 7 aromatic rings. The van der Waals surface area contributed by atoms with Crippen LogP contribution >= 0.6 is 0 Å². The lowest BCUT2D eigenvalue weighted by atomic mass is 9.98. The molecule has 0 N–H and O–H groups in total. The van der Waals surface area contributed by atoms with Crippen molar-refractivity contribution >= 4 is 38.4 Å². The van der Waals surface area contributed by atoms with Crippen LogP contribution in [-0.2, 0) is 12.8 Å². The number of rotatable bonds is 0. The number of imidazole rings is 1. The molecule has 0 bridgehead atoms. The van der Waals surface area contributed by atoms with E-state index in [0.29, 0.717) is 0 Å². The Bertz CT molecular complexity index is 2070. The number of nitrogens with zero attached hydrogens (tertiary/aromatic N) is 4. The molecule has 35 heavy (non-hydrogen) atoms. The van der Waals surface area contributed by atoms with E-state index in [1.54, 1.807) is 0 Å². The zero-order valence-electron chi connectivity index (χ0n) is 18.8. The molecule has 4 aromatic heterocycles. The summed E-state index contributed by atoms with van der Waals surface area (Å²) in [5.41, 5.74) is 15.3. The fourth-order valence-corrected chi connectivity index (χ4v) is 6.42. The van der Waals surface area contributed by atoms with Gasteiger partial charge in [0.15, 0.2) is 0 Å². The lowest BCUT2D eigenvalue weighted by Crippen LogP contribution is -1.93. The molecule has 4 heteroatoms. The normalized spacial score (nSPS) is 13.5. The van der Waals surface area contributed by atoms with Gasteiger partial charge in [0.05, 0.1) is 22.7 Å². The lowest BCUT2D eigenvalue weighted by Gasteiger charge is -2.09. The molecule has 0 radical (unpaired) electrons. The van der Waals surface area contributed by atoms with Crippen molar-refractivity contribution in [2.75, 3.05) is 0 Å². The lowest BCUT2D eigenvalue weighted by molar-refractivity contribution is 1.21. The molecular formula is C31H18N4. The summed E-state index contributed by atoms with van der Waals surface area (Å²) in [5.74, 6) is 0. The van der Waals surface area contributed by atoms with E-state index in [2.05, 4.69) is 75.0 Å². The molecule has 0 saturated heterocycles. The number of fused-ring (bicyclic) bond motifs is 14. The predicted octanol–water partition coefficient (Wildman–Crippen LogP) is 6.73. The summed E-state index contributed by atoms with van der Waals surface area (Å²) in [6.45, 7) is 0. The second-order valence-corrected chi connectivity index (χ2v) is 9.76. The van der Waals surface area contributed by atoms with Crippen LogP contribution < -0.4 is 0 Å². The second kappa shape index (κ2) is 6.10. The van der Waals surface area contributed by atoms with E-state index < -0.39 is 0 Å². The van der Waals surface area contributed by atoms with Crippen molar-refractivity contribution in [3.05, 3.63) is 108 Å². The van der Waals surface area contributed by atoms with Crippen molar-refractivity contribution in [3.63, 3.8) is 0 Å². The first kappa shape index (κ1) is 17.8. The van der Waals surface area contributed by atoms with E-state index in [4.69, 9.17) is 4.98 Å². The quantitative estimate of drug-likeness (QED) is 0.243. The molecule has 3 aromatic carbocycles. The van der Waals surface area contributed by atoms with Gasteiger partial charge < -0.3 is 0 Å². The topological polar surface area (TPSA) is 43.1 Å². The van der Waals surface area contributed by atoms with E-state index in [0.717, 1.165) is 51.2 Å². The molecule has 2 aliphatic carbocycles. The molecule has 9 rings (SSSR count). The molecule has 0 atom stereocenters. The minimum atomic E-state index is 0.963. The van der Waals surface area contributed by atoms with Gasteiger partial charge in [-0.15, -0.1) is 0 Å². The third-order valence-electron chi connectivity index (χ3n) is 7.96. The Morgan fingerprint density at radius 2 is 1.31 bits per heavy atom. The maximum absolute atomic E-state index is 5.13. The fraction of sp³-hybridized carbons (Fsp3) is 0.0645. The highest BCUT2D eigenvalue weighted by Gasteiger charge is 2.26. The highest BCUT2D eigenvalue weighted by Crippen LogP contribution is 2.46. The van der Waals surface area contributed by atoms with Crippen LogP contribution in [0.15, 0.2) is 85.5 Å². The number of pyridine rings is 3. The van der Waals surface area contributed by atoms with E-state index >= 15 is 0 Å². The third kappa shape index (κ3) is 2.20. The number of benzene rings is 3. The summed E-state index contributed by atoms with van der Waals surface area (Å²) in [5, 5.41) is 3.37. The Labute approximate surface area is 200 Å². The van der Waals surface area contributed by atoms with Gasteiger partial charge in [-0.3, -0.25) is 14.4 Å². The molecule has 4 nitrogen and oxygen atoms in total. The number of aromatic nitrogens is 4. The second-order valence-electron chi connectivity index (χ2n) is 9.76. The van der Waals surface area contributed by atoms with Crippen LogP contribution in [-0.4, -0.2) is 19.4 Å². The van der Waals surface area contributed by atoms with Crippen LogP contribution in [0.2, 0.25) is 0 Å². The van der Waals surface area contributed by atoms with Gasteiger partial charge in [0.1, 0.15) is 5.65 Å². The molecule has 0 amide bonds. The van der Waals surface area contributed by atoms with Gasteiger partial charge >= 0.3 is 0 Å². The van der Waals surface area contributed by atoms with Gasteiger partial charge in [-0.1, -0.05) is 30.3 Å². The summed E-state index contributed by atoms with van der Waals surface area (Å²) in [4.78, 5) is 14.0. The van der Waals surface area contributed by atoms with Crippen LogP contribution in [0.5, 0.6) is 0 Å². The van der Waals surface area contributed by atoms with Crippen molar-refractivity contribution in [1.29, 1.82) is 0 Å². The van der Waals surface area contributed by atoms with Gasteiger partial charge in [-0.05, 0) is 87.7 Å². The first-order valence-electron chi connectivity index (χ1n) is 12.0. The van der Waals surface area contributed by atoms with Crippen molar-refractivity contribution in [3.8, 4) is 22.3 Å². The highest BCUT2D eigenvalue weighted by atomic mass is 15.0. The molecule has 4 heterocycles. The van der Waals surface area contributed by atoms with Crippen molar-refractivity contribution in [1.82, 2.24) is 19.4 Å². The predicted molar refractivity (Wildman–Crippen MR) is 140 cm³/mol. The largest absolute Gasteiger partial charge is 0.290 e. The van der Waals surface area contributed by atoms with Crippen LogP contribution in [0.4, 0.5) is 0 Å². The molecule has 0 aliphatic heterocycles. The summed E-state index contributed by atoms with van der Waals surface area (Å²) in [6, 6.07) is 22.5. The Morgan fingerprint density at radius 3 is 2.26 bits per heavy atom. The van der Waals surface area contributed by atoms with Crippen LogP contribution in [0.3, 0.4) is 0 Å². The summed E-state index contributed by atoms with van der Waals surface area (Å²) < 4.78 is 2.28. The van der Waals surface area contributed by atoms with E-state index in [1.807, 2.05) is 24.8 Å².